The number of hydrogen-bond acceptors (Lipinski definition) is 0. The van der Waals surface area contributed by atoms with E-state index in [4.69, 9.17) is 0 Å². The predicted molar refractivity (Wildman–Crippen MR) is 136 cm³/mol. The molecule has 0 amide bonds. The highest BCUT2D eigenvalue weighted by atomic mass is 14.6. The molecule has 0 spiro atoms. The van der Waals surface area contributed by atoms with Crippen molar-refractivity contribution in [3.8, 4) is 0 Å². The largest absolute Gasteiger partial charge is 0.0845 e. The van der Waals surface area contributed by atoms with Gasteiger partial charge in [-0.2, -0.15) is 0 Å². The Morgan fingerprint density at radius 2 is 1.63 bits per heavy atom. The zero-order valence-electron chi connectivity index (χ0n) is 22.3. The normalized spacial score (nSPS) is 42.8. The summed E-state index contributed by atoms with van der Waals surface area (Å²) in [4.78, 5) is 0. The molecule has 0 aromatic rings. The smallest absolute Gasteiger partial charge is 0.00851 e. The van der Waals surface area contributed by atoms with Gasteiger partial charge in [0.1, 0.15) is 0 Å². The van der Waals surface area contributed by atoms with E-state index in [1.54, 1.807) is 0 Å². The molecule has 0 aromatic carbocycles. The Kier molecular flexibility index (Phi) is 9.57. The third-order valence-corrected chi connectivity index (χ3v) is 9.85. The van der Waals surface area contributed by atoms with Crippen LogP contribution in [0.15, 0.2) is 11.6 Å². The molecule has 30 heavy (non-hydrogen) atoms. The van der Waals surface area contributed by atoms with Gasteiger partial charge in [0.05, 0.1) is 0 Å². The molecule has 4 aliphatic rings. The lowest BCUT2D eigenvalue weighted by Gasteiger charge is -2.58. The molecular formula is C30H56. The molecule has 0 nitrogen and oxygen atoms in total. The molecule has 0 heteroatoms. The molecule has 0 saturated heterocycles. The second kappa shape index (κ2) is 11.0. The first kappa shape index (κ1) is 26.0. The lowest BCUT2D eigenvalue weighted by atomic mass is 9.46. The van der Waals surface area contributed by atoms with Crippen LogP contribution in [0.25, 0.3) is 0 Å². The zero-order chi connectivity index (χ0) is 22.5. The highest BCUT2D eigenvalue weighted by Crippen LogP contribution is 2.67. The summed E-state index contributed by atoms with van der Waals surface area (Å²) in [5.74, 6) is 5.89. The molecule has 4 aliphatic carbocycles. The summed E-state index contributed by atoms with van der Waals surface area (Å²) in [5, 5.41) is 0. The molecule has 0 heterocycles. The van der Waals surface area contributed by atoms with Crippen LogP contribution in [0.5, 0.6) is 0 Å². The van der Waals surface area contributed by atoms with Crippen molar-refractivity contribution < 1.29 is 0 Å². The standard InChI is InChI=1S/C25H42.C3H8.C2H6/c1-6-7-18(3)21-10-11-22-20-9-8-19-16-17(2)12-14-24(19,4)23(20)13-15-25(21,22)5;1-3-2;1-2/h8,17-18,20-23H,6-7,9-16H2,1-5H3;3H2,1-2H3;1-2H3. The van der Waals surface area contributed by atoms with Crippen LogP contribution in [0.4, 0.5) is 0 Å². The summed E-state index contributed by atoms with van der Waals surface area (Å²) in [5.41, 5.74) is 3.08. The van der Waals surface area contributed by atoms with Crippen LogP contribution < -0.4 is 0 Å². The molecule has 4 rings (SSSR count). The Morgan fingerprint density at radius 3 is 2.27 bits per heavy atom. The monoisotopic (exact) mass is 416 g/mol. The van der Waals surface area contributed by atoms with Crippen molar-refractivity contribution in [3.05, 3.63) is 11.6 Å². The maximum atomic E-state index is 2.74. The molecule has 176 valence electrons. The summed E-state index contributed by atoms with van der Waals surface area (Å²) in [6.45, 7) is 21.0. The first-order chi connectivity index (χ1) is 14.3. The van der Waals surface area contributed by atoms with Crippen molar-refractivity contribution in [1.82, 2.24) is 0 Å². The van der Waals surface area contributed by atoms with Crippen LogP contribution in [-0.4, -0.2) is 0 Å². The zero-order valence-corrected chi connectivity index (χ0v) is 22.3. The maximum Gasteiger partial charge on any atom is -0.00851 e. The van der Waals surface area contributed by atoms with Crippen molar-refractivity contribution >= 4 is 0 Å². The van der Waals surface area contributed by atoms with Gasteiger partial charge in [0, 0.05) is 0 Å². The fraction of sp³-hybridized carbons (Fsp3) is 0.933. The van der Waals surface area contributed by atoms with Crippen molar-refractivity contribution in [2.75, 3.05) is 0 Å². The summed E-state index contributed by atoms with van der Waals surface area (Å²) in [6, 6.07) is 0. The van der Waals surface area contributed by atoms with Crippen LogP contribution >= 0.6 is 0 Å². The molecule has 3 fully saturated rings. The van der Waals surface area contributed by atoms with Gasteiger partial charge in [-0.1, -0.05) is 93.2 Å². The second-order valence-electron chi connectivity index (χ2n) is 11.8. The Labute approximate surface area is 191 Å². The van der Waals surface area contributed by atoms with E-state index < -0.39 is 0 Å². The number of fused-ring (bicyclic) bond motifs is 5. The van der Waals surface area contributed by atoms with Crippen molar-refractivity contribution in [3.63, 3.8) is 0 Å². The van der Waals surface area contributed by atoms with Gasteiger partial charge < -0.3 is 0 Å². The molecule has 3 saturated carbocycles. The van der Waals surface area contributed by atoms with Crippen LogP contribution in [0, 0.1) is 46.3 Å². The Bertz CT molecular complexity index is 544. The molecule has 0 aliphatic heterocycles. The first-order valence-electron chi connectivity index (χ1n) is 14.0. The van der Waals surface area contributed by atoms with E-state index in [0.717, 1.165) is 35.5 Å². The topological polar surface area (TPSA) is 0 Å². The summed E-state index contributed by atoms with van der Waals surface area (Å²) >= 11 is 0. The van der Waals surface area contributed by atoms with Gasteiger partial charge in [0.2, 0.25) is 0 Å². The number of rotatable bonds is 3. The van der Waals surface area contributed by atoms with Crippen molar-refractivity contribution in [2.24, 2.45) is 46.3 Å². The van der Waals surface area contributed by atoms with E-state index in [1.165, 1.54) is 70.6 Å². The molecule has 8 unspecified atom stereocenters. The Balaban J connectivity index is 0.000000590. The van der Waals surface area contributed by atoms with Gasteiger partial charge in [0.15, 0.2) is 0 Å². The molecule has 0 radical (unpaired) electrons. The predicted octanol–water partition coefficient (Wildman–Crippen LogP) is 10.1. The fourth-order valence-corrected chi connectivity index (χ4v) is 8.47. The minimum Gasteiger partial charge on any atom is -0.0845 e. The number of allylic oxidation sites excluding steroid dienone is 2. The van der Waals surface area contributed by atoms with Crippen LogP contribution in [0.3, 0.4) is 0 Å². The van der Waals surface area contributed by atoms with Crippen LogP contribution in [-0.2, 0) is 0 Å². The minimum atomic E-state index is 0.559. The van der Waals surface area contributed by atoms with Gasteiger partial charge in [-0.15, -0.1) is 0 Å². The van der Waals surface area contributed by atoms with Crippen molar-refractivity contribution in [1.29, 1.82) is 0 Å². The minimum absolute atomic E-state index is 0.559. The first-order valence-corrected chi connectivity index (χ1v) is 14.0. The van der Waals surface area contributed by atoms with E-state index in [9.17, 15) is 0 Å². The highest BCUT2D eigenvalue weighted by Gasteiger charge is 2.58. The van der Waals surface area contributed by atoms with E-state index in [1.807, 2.05) is 19.4 Å². The Hall–Kier alpha value is -0.260. The van der Waals surface area contributed by atoms with Gasteiger partial charge in [-0.05, 0) is 97.7 Å². The maximum absolute atomic E-state index is 2.74. The molecule has 0 bridgehead atoms. The summed E-state index contributed by atoms with van der Waals surface area (Å²) in [6.07, 6.45) is 18.7. The highest BCUT2D eigenvalue weighted by molar-refractivity contribution is 5.25. The quantitative estimate of drug-likeness (QED) is 0.401. The average molecular weight is 417 g/mol. The summed E-state index contributed by atoms with van der Waals surface area (Å²) in [7, 11) is 0. The van der Waals surface area contributed by atoms with E-state index in [-0.39, 0.29) is 0 Å². The van der Waals surface area contributed by atoms with Crippen LogP contribution in [0.1, 0.15) is 133 Å². The van der Waals surface area contributed by atoms with Gasteiger partial charge >= 0.3 is 0 Å². The van der Waals surface area contributed by atoms with E-state index in [2.05, 4.69) is 54.5 Å². The second-order valence-corrected chi connectivity index (χ2v) is 11.8. The fourth-order valence-electron chi connectivity index (χ4n) is 8.47. The molecular weight excluding hydrogens is 360 g/mol. The summed E-state index contributed by atoms with van der Waals surface area (Å²) < 4.78 is 0. The third-order valence-electron chi connectivity index (χ3n) is 9.85. The molecule has 8 atom stereocenters. The van der Waals surface area contributed by atoms with E-state index >= 15 is 0 Å². The Morgan fingerprint density at radius 1 is 0.967 bits per heavy atom. The van der Waals surface area contributed by atoms with Crippen LogP contribution in [0.2, 0.25) is 0 Å². The number of hydrogen-bond donors (Lipinski definition) is 0. The SMILES string of the molecule is CC.CCC.CCCC(C)C1CCC2C3CC=C4CC(C)CCC4(C)C3CCC12C. The third kappa shape index (κ3) is 4.73. The average Bonchev–Trinajstić information content (AvgIpc) is 3.08. The van der Waals surface area contributed by atoms with Gasteiger partial charge in [0.25, 0.3) is 0 Å². The lowest BCUT2D eigenvalue weighted by molar-refractivity contribution is -0.0521. The lowest BCUT2D eigenvalue weighted by Crippen LogP contribution is -2.50. The van der Waals surface area contributed by atoms with Crippen molar-refractivity contribution in [2.45, 2.75) is 133 Å². The van der Waals surface area contributed by atoms with Gasteiger partial charge in [-0.25, -0.2) is 0 Å². The molecule has 0 aromatic heterocycles. The molecule has 0 N–H and O–H groups in total. The van der Waals surface area contributed by atoms with E-state index in [0.29, 0.717) is 10.8 Å². The van der Waals surface area contributed by atoms with Gasteiger partial charge in [-0.3, -0.25) is 0 Å².